The summed E-state index contributed by atoms with van der Waals surface area (Å²) in [6.45, 7) is 2.16. The van der Waals surface area contributed by atoms with Gasteiger partial charge in [-0.25, -0.2) is 0 Å². The minimum absolute atomic E-state index is 0.0725. The van der Waals surface area contributed by atoms with Crippen molar-refractivity contribution in [3.63, 3.8) is 0 Å². The molecule has 1 saturated heterocycles. The third kappa shape index (κ3) is 4.87. The molecule has 0 saturated carbocycles. The summed E-state index contributed by atoms with van der Waals surface area (Å²) in [5.41, 5.74) is 6.67. The highest BCUT2D eigenvalue weighted by molar-refractivity contribution is 9.10. The summed E-state index contributed by atoms with van der Waals surface area (Å²) in [6, 6.07) is 5.56. The van der Waals surface area contributed by atoms with E-state index in [2.05, 4.69) is 21.2 Å². The summed E-state index contributed by atoms with van der Waals surface area (Å²) >= 11 is 9.43. The van der Waals surface area contributed by atoms with Crippen LogP contribution in [0.15, 0.2) is 22.7 Å². The second kappa shape index (κ2) is 8.01. The molecule has 0 bridgehead atoms. The number of hydrogen-bond donors (Lipinski definition) is 2. The first-order chi connectivity index (χ1) is 10.1. The van der Waals surface area contributed by atoms with Crippen LogP contribution in [0.5, 0.6) is 0 Å². The maximum atomic E-state index is 12.3. The number of carbonyl (C=O) groups is 1. The summed E-state index contributed by atoms with van der Waals surface area (Å²) in [5, 5.41) is 3.93. The summed E-state index contributed by atoms with van der Waals surface area (Å²) in [5.74, 6) is 0.181. The highest BCUT2D eigenvalue weighted by Gasteiger charge is 2.20. The lowest BCUT2D eigenvalue weighted by Gasteiger charge is -2.28. The summed E-state index contributed by atoms with van der Waals surface area (Å²) in [7, 11) is 0. The molecule has 2 rings (SSSR count). The minimum Gasteiger partial charge on any atom is -0.380 e. The molecule has 1 aromatic carbocycles. The molecule has 0 radical (unpaired) electrons. The number of piperidine rings is 1. The monoisotopic (exact) mass is 373 g/mol. The Balaban J connectivity index is 1.92. The molecule has 0 spiro atoms. The molecule has 4 nitrogen and oxygen atoms in total. The van der Waals surface area contributed by atoms with E-state index in [1.165, 1.54) is 6.42 Å². The van der Waals surface area contributed by atoms with Gasteiger partial charge in [-0.2, -0.15) is 0 Å². The van der Waals surface area contributed by atoms with E-state index < -0.39 is 0 Å². The van der Waals surface area contributed by atoms with E-state index in [0.717, 1.165) is 36.1 Å². The van der Waals surface area contributed by atoms with Crippen molar-refractivity contribution in [2.75, 3.05) is 25.0 Å². The zero-order chi connectivity index (χ0) is 15.2. The van der Waals surface area contributed by atoms with Gasteiger partial charge in [0.1, 0.15) is 0 Å². The van der Waals surface area contributed by atoms with Gasteiger partial charge in [0.2, 0.25) is 5.91 Å². The first-order valence-electron chi connectivity index (χ1n) is 7.29. The van der Waals surface area contributed by atoms with E-state index in [1.54, 1.807) is 0 Å². The largest absolute Gasteiger partial charge is 0.380 e. The highest BCUT2D eigenvalue weighted by atomic mass is 79.9. The van der Waals surface area contributed by atoms with E-state index in [1.807, 2.05) is 23.1 Å². The molecular weight excluding hydrogens is 354 g/mol. The SMILES string of the molecule is NCC(CC(=O)N1CCCCC1)Nc1ccc(Br)c(Cl)c1. The van der Waals surface area contributed by atoms with Crippen LogP contribution in [0.1, 0.15) is 25.7 Å². The quantitative estimate of drug-likeness (QED) is 0.832. The van der Waals surface area contributed by atoms with E-state index >= 15 is 0 Å². The molecule has 21 heavy (non-hydrogen) atoms. The van der Waals surface area contributed by atoms with Gasteiger partial charge < -0.3 is 16.0 Å². The molecule has 116 valence electrons. The third-order valence-electron chi connectivity index (χ3n) is 3.70. The van der Waals surface area contributed by atoms with Gasteiger partial charge >= 0.3 is 0 Å². The lowest BCUT2D eigenvalue weighted by molar-refractivity contribution is -0.132. The Morgan fingerprint density at radius 2 is 2.10 bits per heavy atom. The van der Waals surface area contributed by atoms with Gasteiger partial charge in [0.15, 0.2) is 0 Å². The van der Waals surface area contributed by atoms with Crippen LogP contribution in [0, 0.1) is 0 Å². The van der Waals surface area contributed by atoms with Crippen LogP contribution in [0.3, 0.4) is 0 Å². The highest BCUT2D eigenvalue weighted by Crippen LogP contribution is 2.26. The second-order valence-corrected chi connectivity index (χ2v) is 6.61. The van der Waals surface area contributed by atoms with Crippen LogP contribution in [0.25, 0.3) is 0 Å². The smallest absolute Gasteiger partial charge is 0.224 e. The van der Waals surface area contributed by atoms with Crippen LogP contribution in [-0.2, 0) is 4.79 Å². The normalized spacial score (nSPS) is 16.6. The first-order valence-corrected chi connectivity index (χ1v) is 8.46. The lowest BCUT2D eigenvalue weighted by Crippen LogP contribution is -2.40. The summed E-state index contributed by atoms with van der Waals surface area (Å²) < 4.78 is 0.850. The number of nitrogens with two attached hydrogens (primary N) is 1. The maximum absolute atomic E-state index is 12.3. The molecule has 3 N–H and O–H groups in total. The van der Waals surface area contributed by atoms with E-state index in [-0.39, 0.29) is 11.9 Å². The number of likely N-dealkylation sites (tertiary alicyclic amines) is 1. The Labute approximate surface area is 139 Å². The Kier molecular flexibility index (Phi) is 6.33. The predicted molar refractivity (Wildman–Crippen MR) is 90.7 cm³/mol. The standard InChI is InChI=1S/C15H21BrClN3O/c16-13-5-4-11(8-14(13)17)19-12(10-18)9-15(21)20-6-2-1-3-7-20/h4-5,8,12,19H,1-3,6-7,9-10,18H2. The molecule has 1 aliphatic heterocycles. The van der Waals surface area contributed by atoms with Gasteiger partial charge in [0.25, 0.3) is 0 Å². The summed E-state index contributed by atoms with van der Waals surface area (Å²) in [6.07, 6.45) is 3.85. The molecule has 1 amide bonds. The Morgan fingerprint density at radius 1 is 1.38 bits per heavy atom. The molecule has 1 aliphatic rings. The molecular formula is C15H21BrClN3O. The zero-order valence-corrected chi connectivity index (χ0v) is 14.3. The fourth-order valence-corrected chi connectivity index (χ4v) is 2.93. The van der Waals surface area contributed by atoms with E-state index in [4.69, 9.17) is 17.3 Å². The van der Waals surface area contributed by atoms with Crippen molar-refractivity contribution >= 4 is 39.1 Å². The molecule has 1 heterocycles. The van der Waals surface area contributed by atoms with Gasteiger partial charge in [-0.3, -0.25) is 4.79 Å². The molecule has 0 aliphatic carbocycles. The van der Waals surface area contributed by atoms with E-state index in [9.17, 15) is 4.79 Å². The number of amides is 1. The fraction of sp³-hybridized carbons (Fsp3) is 0.533. The van der Waals surface area contributed by atoms with Crippen LogP contribution in [-0.4, -0.2) is 36.5 Å². The van der Waals surface area contributed by atoms with Crippen molar-refractivity contribution in [3.05, 3.63) is 27.7 Å². The van der Waals surface area contributed by atoms with Crippen molar-refractivity contribution in [1.29, 1.82) is 0 Å². The average molecular weight is 375 g/mol. The number of nitrogens with one attached hydrogen (secondary N) is 1. The number of anilines is 1. The fourth-order valence-electron chi connectivity index (χ4n) is 2.50. The van der Waals surface area contributed by atoms with Gasteiger partial charge in [-0.05, 0) is 53.4 Å². The Morgan fingerprint density at radius 3 is 2.71 bits per heavy atom. The second-order valence-electron chi connectivity index (χ2n) is 5.35. The van der Waals surface area contributed by atoms with Crippen molar-refractivity contribution in [2.45, 2.75) is 31.7 Å². The molecule has 1 atom stereocenters. The molecule has 1 unspecified atom stereocenters. The number of benzene rings is 1. The number of hydrogen-bond acceptors (Lipinski definition) is 3. The minimum atomic E-state index is -0.0725. The number of nitrogens with zero attached hydrogens (tertiary/aromatic N) is 1. The van der Waals surface area contributed by atoms with Crippen molar-refractivity contribution in [2.24, 2.45) is 5.73 Å². The topological polar surface area (TPSA) is 58.4 Å². The van der Waals surface area contributed by atoms with Gasteiger partial charge in [-0.15, -0.1) is 0 Å². The van der Waals surface area contributed by atoms with Gasteiger partial charge in [0, 0.05) is 42.3 Å². The van der Waals surface area contributed by atoms with Crippen LogP contribution in [0.2, 0.25) is 5.02 Å². The Hall–Kier alpha value is -0.780. The molecule has 6 heteroatoms. The summed E-state index contributed by atoms with van der Waals surface area (Å²) in [4.78, 5) is 14.2. The first kappa shape index (κ1) is 16.6. The molecule has 1 fully saturated rings. The Bertz CT molecular complexity index is 492. The third-order valence-corrected chi connectivity index (χ3v) is 4.94. The number of rotatable bonds is 5. The molecule has 1 aromatic rings. The number of halogens is 2. The van der Waals surface area contributed by atoms with Crippen molar-refractivity contribution in [1.82, 2.24) is 4.90 Å². The van der Waals surface area contributed by atoms with Crippen molar-refractivity contribution < 1.29 is 4.79 Å². The van der Waals surface area contributed by atoms with Gasteiger partial charge in [0.05, 0.1) is 5.02 Å². The predicted octanol–water partition coefficient (Wildman–Crippen LogP) is 3.24. The average Bonchev–Trinajstić information content (AvgIpc) is 2.51. The molecule has 0 aromatic heterocycles. The van der Waals surface area contributed by atoms with Crippen LogP contribution in [0.4, 0.5) is 5.69 Å². The van der Waals surface area contributed by atoms with Crippen LogP contribution >= 0.6 is 27.5 Å². The van der Waals surface area contributed by atoms with Gasteiger partial charge in [-0.1, -0.05) is 11.6 Å². The number of carbonyl (C=O) groups excluding carboxylic acids is 1. The lowest BCUT2D eigenvalue weighted by atomic mass is 10.1. The zero-order valence-electron chi connectivity index (χ0n) is 11.9. The van der Waals surface area contributed by atoms with Crippen molar-refractivity contribution in [3.8, 4) is 0 Å². The maximum Gasteiger partial charge on any atom is 0.224 e. The van der Waals surface area contributed by atoms with Crippen LogP contribution < -0.4 is 11.1 Å². The van der Waals surface area contributed by atoms with E-state index in [0.29, 0.717) is 18.0 Å².